The highest BCUT2D eigenvalue weighted by molar-refractivity contribution is 6.34. The summed E-state index contributed by atoms with van der Waals surface area (Å²) >= 11 is 6.50. The number of likely N-dealkylation sites (tertiary alicyclic amines) is 1. The number of anilines is 1. The summed E-state index contributed by atoms with van der Waals surface area (Å²) < 4.78 is 32.6. The number of nitrogens with one attached hydrogen (secondary N) is 2. The second kappa shape index (κ2) is 21.6. The van der Waals surface area contributed by atoms with E-state index in [1.165, 1.54) is 79.7 Å². The number of aromatic nitrogens is 2. The van der Waals surface area contributed by atoms with Crippen LogP contribution < -0.4 is 21.3 Å². The number of hydrogen-bond acceptors (Lipinski definition) is 6. The second-order valence-corrected chi connectivity index (χ2v) is 19.3. The SMILES string of the molecule is C=C(N)c1ccc(CC)c(F)c1-c1c(Cl)c(F)cc2c1[C@H](C)C(c1ccccc1)C2.C=CC1CCC(Cc2cccc3c(N4CCC(=C)NC4=C)nn(C)c23)CC1.CNC1CCN(C)CC1. The summed E-state index contributed by atoms with van der Waals surface area (Å²) in [5, 5.41) is 12.6. The summed E-state index contributed by atoms with van der Waals surface area (Å²) in [6, 6.07) is 22.5. The Morgan fingerprint density at radius 1 is 0.939 bits per heavy atom. The smallest absolute Gasteiger partial charge is 0.164 e. The molecule has 9 rings (SSSR count). The Balaban J connectivity index is 0.000000166. The Morgan fingerprint density at radius 2 is 1.65 bits per heavy atom. The van der Waals surface area contributed by atoms with Crippen molar-refractivity contribution in [3.05, 3.63) is 161 Å². The minimum absolute atomic E-state index is 0.0408. The molecule has 4 N–H and O–H groups in total. The third-order valence-corrected chi connectivity index (χ3v) is 15.0. The van der Waals surface area contributed by atoms with Gasteiger partial charge in [0, 0.05) is 59.5 Å². The zero-order chi connectivity index (χ0) is 47.2. The van der Waals surface area contributed by atoms with E-state index >= 15 is 4.39 Å². The molecule has 1 aromatic heterocycles. The molecule has 2 saturated heterocycles. The molecule has 0 amide bonds. The lowest BCUT2D eigenvalue weighted by molar-refractivity contribution is 0.240. The van der Waals surface area contributed by atoms with E-state index in [2.05, 4.69) is 111 Å². The van der Waals surface area contributed by atoms with Gasteiger partial charge in [0.1, 0.15) is 17.5 Å². The monoisotopic (exact) mass is 914 g/mol. The van der Waals surface area contributed by atoms with Crippen LogP contribution in [0.2, 0.25) is 5.02 Å². The van der Waals surface area contributed by atoms with Crippen molar-refractivity contribution in [3.63, 3.8) is 0 Å². The fourth-order valence-corrected chi connectivity index (χ4v) is 11.0. The molecule has 1 unspecified atom stereocenters. The van der Waals surface area contributed by atoms with Crippen LogP contribution in [0.3, 0.4) is 0 Å². The number of allylic oxidation sites excluding steroid dienone is 1. The van der Waals surface area contributed by atoms with E-state index < -0.39 is 11.6 Å². The average molecular weight is 915 g/mol. The maximum absolute atomic E-state index is 15.6. The van der Waals surface area contributed by atoms with Gasteiger partial charge in [-0.15, -0.1) is 6.58 Å². The number of benzene rings is 4. The number of fused-ring (bicyclic) bond motifs is 2. The first-order valence-electron chi connectivity index (χ1n) is 23.9. The van der Waals surface area contributed by atoms with Crippen LogP contribution >= 0.6 is 11.6 Å². The van der Waals surface area contributed by atoms with Crippen molar-refractivity contribution in [2.75, 3.05) is 38.6 Å². The van der Waals surface area contributed by atoms with Crippen LogP contribution in [0.15, 0.2) is 111 Å². The minimum atomic E-state index is -0.541. The van der Waals surface area contributed by atoms with Crippen molar-refractivity contribution >= 4 is 34.0 Å². The first-order valence-corrected chi connectivity index (χ1v) is 24.3. The van der Waals surface area contributed by atoms with Crippen LogP contribution in [-0.2, 0) is 26.3 Å². The van der Waals surface area contributed by atoms with Gasteiger partial charge < -0.3 is 26.2 Å². The highest BCUT2D eigenvalue weighted by atomic mass is 35.5. The van der Waals surface area contributed by atoms with Crippen LogP contribution in [0.1, 0.15) is 104 Å². The third kappa shape index (κ3) is 10.5. The summed E-state index contributed by atoms with van der Waals surface area (Å²) in [7, 11) is 6.30. The molecule has 3 heterocycles. The van der Waals surface area contributed by atoms with Gasteiger partial charge in [-0.25, -0.2) is 8.78 Å². The Hall–Kier alpha value is -5.22. The molecule has 4 aliphatic rings. The number of hydrogen-bond donors (Lipinski definition) is 3. The van der Waals surface area contributed by atoms with Crippen LogP contribution in [-0.4, -0.2) is 54.5 Å². The molecule has 3 fully saturated rings. The number of aryl methyl sites for hydroxylation is 2. The quantitative estimate of drug-likeness (QED) is 0.128. The van der Waals surface area contributed by atoms with Gasteiger partial charge in [-0.3, -0.25) is 4.68 Å². The molecule has 1 saturated carbocycles. The molecular formula is C56H70ClF2N7. The molecule has 10 heteroatoms. The standard InChI is InChI=1S/C26H24ClF2N.C23H30N4.C7H16N2/c1-4-16-10-11-19(15(3)30)23(26(16)29)24-22-14(2)20(17-8-6-5-7-9-17)12-18(22)13-21(28)25(24)27;1-5-18-9-11-19(12-10-18)15-20-7-6-8-21-22(20)26(4)25-23(21)27-14-13-16(2)24-17(27)3;1-8-7-3-5-9(2)6-4-7/h5-11,13-14,20H,3-4,12,30H2,1-2H3;5-8,18-19,24H,1-3,9-15H2,4H3;7-8H,3-6H2,1-2H3/t14-,20?;;/m1../s1. The molecule has 66 heavy (non-hydrogen) atoms. The van der Waals surface area contributed by atoms with Crippen molar-refractivity contribution in [1.29, 1.82) is 0 Å². The lowest BCUT2D eigenvalue weighted by atomic mass is 9.79. The van der Waals surface area contributed by atoms with E-state index in [1.54, 1.807) is 12.1 Å². The van der Waals surface area contributed by atoms with E-state index in [-0.39, 0.29) is 28.1 Å². The number of nitrogens with zero attached hydrogens (tertiary/aromatic N) is 4. The maximum atomic E-state index is 15.6. The topological polar surface area (TPSA) is 74.4 Å². The zero-order valence-electron chi connectivity index (χ0n) is 39.8. The van der Waals surface area contributed by atoms with Crippen molar-refractivity contribution < 1.29 is 8.78 Å². The summed E-state index contributed by atoms with van der Waals surface area (Å²) in [6.07, 6.45) is 13.1. The maximum Gasteiger partial charge on any atom is 0.164 e. The van der Waals surface area contributed by atoms with E-state index in [1.807, 2.05) is 29.8 Å². The predicted molar refractivity (Wildman–Crippen MR) is 274 cm³/mol. The normalized spacial score (nSPS) is 21.1. The summed E-state index contributed by atoms with van der Waals surface area (Å²) in [5.41, 5.74) is 14.5. The largest absolute Gasteiger partial charge is 0.399 e. The van der Waals surface area contributed by atoms with Gasteiger partial charge >= 0.3 is 0 Å². The number of para-hydroxylation sites is 1. The molecule has 0 bridgehead atoms. The van der Waals surface area contributed by atoms with Crippen LogP contribution in [0.4, 0.5) is 14.6 Å². The van der Waals surface area contributed by atoms with Crippen molar-refractivity contribution in [2.45, 2.75) is 95.9 Å². The van der Waals surface area contributed by atoms with Gasteiger partial charge in [-0.2, -0.15) is 5.10 Å². The van der Waals surface area contributed by atoms with E-state index in [9.17, 15) is 4.39 Å². The first kappa shape index (κ1) is 48.7. The Morgan fingerprint density at radius 3 is 2.29 bits per heavy atom. The molecule has 2 aliphatic heterocycles. The van der Waals surface area contributed by atoms with Gasteiger partial charge in [0.05, 0.1) is 10.5 Å². The van der Waals surface area contributed by atoms with Crippen LogP contribution in [0, 0.1) is 23.5 Å². The zero-order valence-corrected chi connectivity index (χ0v) is 40.6. The summed E-state index contributed by atoms with van der Waals surface area (Å²) in [5.74, 6) is 2.59. The van der Waals surface area contributed by atoms with Crippen molar-refractivity contribution in [1.82, 2.24) is 25.3 Å². The molecule has 0 spiro atoms. The molecular weight excluding hydrogens is 844 g/mol. The molecule has 4 aromatic carbocycles. The van der Waals surface area contributed by atoms with Gasteiger partial charge in [-0.1, -0.05) is 106 Å². The molecule has 0 radical (unpaired) electrons. The van der Waals surface area contributed by atoms with E-state index in [0.29, 0.717) is 35.4 Å². The van der Waals surface area contributed by atoms with Crippen LogP contribution in [0.25, 0.3) is 27.7 Å². The lowest BCUT2D eigenvalue weighted by Gasteiger charge is -2.31. The van der Waals surface area contributed by atoms with Crippen molar-refractivity contribution in [2.24, 2.45) is 24.6 Å². The Labute approximate surface area is 397 Å². The highest BCUT2D eigenvalue weighted by Crippen LogP contribution is 2.52. The van der Waals surface area contributed by atoms with Gasteiger partial charge in [0.25, 0.3) is 0 Å². The average Bonchev–Trinajstić information content (AvgIpc) is 3.83. The fraction of sp³-hybridized carbons (Fsp3) is 0.411. The third-order valence-electron chi connectivity index (χ3n) is 14.6. The highest BCUT2D eigenvalue weighted by Gasteiger charge is 2.36. The predicted octanol–water partition coefficient (Wildman–Crippen LogP) is 12.4. The molecule has 350 valence electrons. The Bertz CT molecular complexity index is 2550. The Kier molecular flexibility index (Phi) is 15.9. The van der Waals surface area contributed by atoms with Crippen LogP contribution in [0.5, 0.6) is 0 Å². The summed E-state index contributed by atoms with van der Waals surface area (Å²) in [4.78, 5) is 4.56. The van der Waals surface area contributed by atoms with E-state index in [4.69, 9.17) is 22.4 Å². The minimum Gasteiger partial charge on any atom is -0.399 e. The molecule has 5 aromatic rings. The van der Waals surface area contributed by atoms with E-state index in [0.717, 1.165) is 59.8 Å². The number of rotatable bonds is 9. The van der Waals surface area contributed by atoms with Gasteiger partial charge in [0.2, 0.25) is 0 Å². The van der Waals surface area contributed by atoms with Gasteiger partial charge in [0.15, 0.2) is 5.82 Å². The van der Waals surface area contributed by atoms with Gasteiger partial charge in [-0.05, 0) is 149 Å². The summed E-state index contributed by atoms with van der Waals surface area (Å²) in [6.45, 7) is 23.3. The molecule has 2 aliphatic carbocycles. The fourth-order valence-electron chi connectivity index (χ4n) is 10.7. The van der Waals surface area contributed by atoms with Crippen molar-refractivity contribution in [3.8, 4) is 11.1 Å². The first-order chi connectivity index (χ1) is 31.7. The number of piperidine rings is 1. The molecule has 7 nitrogen and oxygen atoms in total. The second-order valence-electron chi connectivity index (χ2n) is 18.9. The molecule has 2 atom stereocenters. The number of halogens is 3. The lowest BCUT2D eigenvalue weighted by Crippen LogP contribution is -2.39. The number of nitrogens with two attached hydrogens (primary N) is 1.